The minimum atomic E-state index is -2.49. The Kier molecular flexibility index (Phi) is 9.67. The number of benzene rings is 2. The SMILES string of the molecule is O=C(NCCC[Si](Cl)(Cl)c1ccccc1)NCCC[Si](Cl)(Cl)c1ccccc1. The van der Waals surface area contributed by atoms with Crippen LogP contribution in [0.5, 0.6) is 0 Å². The Morgan fingerprint density at radius 2 is 1.04 bits per heavy atom. The lowest BCUT2D eigenvalue weighted by molar-refractivity contribution is 0.241. The first kappa shape index (κ1) is 23.6. The molecule has 28 heavy (non-hydrogen) atoms. The van der Waals surface area contributed by atoms with Gasteiger partial charge in [-0.25, -0.2) is 4.79 Å². The van der Waals surface area contributed by atoms with Crippen LogP contribution in [-0.4, -0.2) is 32.5 Å². The molecule has 0 radical (unpaired) electrons. The molecule has 0 aliphatic rings. The zero-order valence-electron chi connectivity index (χ0n) is 15.4. The molecule has 0 aromatic heterocycles. The van der Waals surface area contributed by atoms with E-state index in [0.717, 1.165) is 23.2 Å². The summed E-state index contributed by atoms with van der Waals surface area (Å²) < 4.78 is 0. The second-order valence-electron chi connectivity index (χ2n) is 6.53. The molecule has 0 saturated carbocycles. The first-order chi connectivity index (χ1) is 13.3. The first-order valence-electron chi connectivity index (χ1n) is 9.20. The Morgan fingerprint density at radius 3 is 1.39 bits per heavy atom. The van der Waals surface area contributed by atoms with Crippen LogP contribution in [0, 0.1) is 0 Å². The van der Waals surface area contributed by atoms with E-state index in [9.17, 15) is 4.79 Å². The number of rotatable bonds is 10. The van der Waals surface area contributed by atoms with Crippen molar-refractivity contribution < 1.29 is 4.79 Å². The summed E-state index contributed by atoms with van der Waals surface area (Å²) in [7, 11) is 0. The van der Waals surface area contributed by atoms with Gasteiger partial charge in [-0.05, 0) is 35.3 Å². The van der Waals surface area contributed by atoms with Gasteiger partial charge < -0.3 is 10.6 Å². The largest absolute Gasteiger partial charge is 0.338 e. The van der Waals surface area contributed by atoms with Gasteiger partial charge >= 0.3 is 6.03 Å². The molecule has 3 nitrogen and oxygen atoms in total. The molecule has 2 N–H and O–H groups in total. The molecule has 0 spiro atoms. The fourth-order valence-electron chi connectivity index (χ4n) is 2.74. The molecule has 0 atom stereocenters. The van der Waals surface area contributed by atoms with Crippen molar-refractivity contribution in [1.82, 2.24) is 10.6 Å². The Labute approximate surface area is 187 Å². The average Bonchev–Trinajstić information content (AvgIpc) is 2.70. The fourth-order valence-corrected chi connectivity index (χ4v) is 9.03. The number of hydrogen-bond donors (Lipinski definition) is 2. The first-order valence-corrected chi connectivity index (χ1v) is 17.7. The molecule has 0 aliphatic carbocycles. The second-order valence-corrected chi connectivity index (χ2v) is 20.4. The Balaban J connectivity index is 1.60. The smallest absolute Gasteiger partial charge is 0.314 e. The predicted molar refractivity (Wildman–Crippen MR) is 127 cm³/mol. The van der Waals surface area contributed by atoms with Gasteiger partial charge in [-0.2, -0.15) is 0 Å². The van der Waals surface area contributed by atoms with E-state index in [4.69, 9.17) is 44.3 Å². The van der Waals surface area contributed by atoms with Crippen molar-refractivity contribution in [2.75, 3.05) is 13.1 Å². The third-order valence-electron chi connectivity index (χ3n) is 4.30. The minimum absolute atomic E-state index is 0.202. The lowest BCUT2D eigenvalue weighted by Crippen LogP contribution is -2.40. The van der Waals surface area contributed by atoms with Crippen molar-refractivity contribution in [2.24, 2.45) is 0 Å². The molecule has 0 heterocycles. The van der Waals surface area contributed by atoms with Crippen LogP contribution in [0.3, 0.4) is 0 Å². The number of halogens is 4. The molecular weight excluding hydrogens is 470 g/mol. The highest BCUT2D eigenvalue weighted by Gasteiger charge is 2.30. The van der Waals surface area contributed by atoms with E-state index in [0.29, 0.717) is 25.2 Å². The van der Waals surface area contributed by atoms with Crippen molar-refractivity contribution in [3.05, 3.63) is 60.7 Å². The third-order valence-corrected chi connectivity index (χ3v) is 13.5. The summed E-state index contributed by atoms with van der Waals surface area (Å²) >= 11 is 26.1. The summed E-state index contributed by atoms with van der Waals surface area (Å²) in [6.07, 6.45) is 1.46. The molecular formula is C19H24Cl4N2OSi2. The number of hydrogen-bond acceptors (Lipinski definition) is 1. The van der Waals surface area contributed by atoms with Crippen LogP contribution in [0.25, 0.3) is 0 Å². The van der Waals surface area contributed by atoms with Gasteiger partial charge in [0, 0.05) is 13.1 Å². The van der Waals surface area contributed by atoms with Crippen LogP contribution in [0.15, 0.2) is 60.7 Å². The van der Waals surface area contributed by atoms with Gasteiger partial charge in [0.15, 0.2) is 0 Å². The van der Waals surface area contributed by atoms with E-state index in [1.54, 1.807) is 0 Å². The molecule has 152 valence electrons. The van der Waals surface area contributed by atoms with E-state index >= 15 is 0 Å². The van der Waals surface area contributed by atoms with E-state index in [2.05, 4.69) is 10.6 Å². The van der Waals surface area contributed by atoms with Crippen LogP contribution in [0.1, 0.15) is 12.8 Å². The summed E-state index contributed by atoms with van der Waals surface area (Å²) in [5.41, 5.74) is 0. The van der Waals surface area contributed by atoms with Crippen LogP contribution in [0.4, 0.5) is 4.79 Å². The highest BCUT2D eigenvalue weighted by atomic mass is 35.7. The minimum Gasteiger partial charge on any atom is -0.338 e. The summed E-state index contributed by atoms with van der Waals surface area (Å²) in [6, 6.07) is 20.6. The van der Waals surface area contributed by atoms with Gasteiger partial charge in [0.25, 0.3) is 13.4 Å². The zero-order chi connectivity index (χ0) is 20.5. The maximum atomic E-state index is 11.9. The quantitative estimate of drug-likeness (QED) is 0.280. The van der Waals surface area contributed by atoms with Gasteiger partial charge in [0.05, 0.1) is 0 Å². The summed E-state index contributed by atoms with van der Waals surface area (Å²) in [5, 5.41) is 7.67. The molecule has 2 aromatic carbocycles. The molecule has 0 unspecified atom stereocenters. The number of urea groups is 1. The maximum absolute atomic E-state index is 11.9. The third kappa shape index (κ3) is 7.97. The van der Waals surface area contributed by atoms with Crippen LogP contribution < -0.4 is 21.0 Å². The second kappa shape index (κ2) is 11.5. The van der Waals surface area contributed by atoms with Gasteiger partial charge in [0.1, 0.15) is 0 Å². The van der Waals surface area contributed by atoms with Crippen LogP contribution in [-0.2, 0) is 0 Å². The number of carbonyl (C=O) groups excluding carboxylic acids is 1. The number of nitrogens with one attached hydrogen (secondary N) is 2. The van der Waals surface area contributed by atoms with E-state index < -0.39 is 13.4 Å². The Morgan fingerprint density at radius 1 is 0.679 bits per heavy atom. The van der Waals surface area contributed by atoms with Crippen LogP contribution >= 0.6 is 44.3 Å². The van der Waals surface area contributed by atoms with Gasteiger partial charge in [0.2, 0.25) is 0 Å². The van der Waals surface area contributed by atoms with Gasteiger partial charge in [-0.1, -0.05) is 60.7 Å². The Hall–Kier alpha value is -0.696. The summed E-state index contributed by atoms with van der Waals surface area (Å²) in [6.45, 7) is -3.92. The normalized spacial score (nSPS) is 11.9. The predicted octanol–water partition coefficient (Wildman–Crippen LogP) is 4.72. The van der Waals surface area contributed by atoms with Crippen molar-refractivity contribution in [3.63, 3.8) is 0 Å². The van der Waals surface area contributed by atoms with Crippen molar-refractivity contribution >= 4 is 74.1 Å². The van der Waals surface area contributed by atoms with Crippen molar-refractivity contribution in [3.8, 4) is 0 Å². The highest BCUT2D eigenvalue weighted by molar-refractivity contribution is 7.51. The lowest BCUT2D eigenvalue weighted by atomic mass is 10.4. The average molecular weight is 494 g/mol. The highest BCUT2D eigenvalue weighted by Crippen LogP contribution is 2.22. The molecule has 2 amide bonds. The molecule has 0 aliphatic heterocycles. The molecule has 0 bridgehead atoms. The summed E-state index contributed by atoms with van der Waals surface area (Å²) in [4.78, 5) is 11.9. The van der Waals surface area contributed by atoms with Crippen molar-refractivity contribution in [2.45, 2.75) is 24.9 Å². The van der Waals surface area contributed by atoms with Gasteiger partial charge in [-0.3, -0.25) is 0 Å². The lowest BCUT2D eigenvalue weighted by Gasteiger charge is -2.18. The fraction of sp³-hybridized carbons (Fsp3) is 0.316. The molecule has 2 aromatic rings. The topological polar surface area (TPSA) is 41.1 Å². The molecule has 0 fully saturated rings. The van der Waals surface area contributed by atoms with E-state index in [1.165, 1.54) is 0 Å². The van der Waals surface area contributed by atoms with E-state index in [1.807, 2.05) is 60.7 Å². The monoisotopic (exact) mass is 492 g/mol. The number of carbonyl (C=O) groups is 1. The summed E-state index contributed by atoms with van der Waals surface area (Å²) in [5.74, 6) is 0. The standard InChI is InChI=1S/C19H24Cl4N2OSi2/c20-27(21,17-9-3-1-4-10-17)15-7-13-24-19(26)25-14-8-16-28(22,23)18-11-5-2-6-12-18/h1-6,9-12H,7-8,13-16H2,(H2,24,25,26). The Bertz CT molecular complexity index is 672. The molecule has 9 heteroatoms. The maximum Gasteiger partial charge on any atom is 0.314 e. The van der Waals surface area contributed by atoms with Gasteiger partial charge in [-0.15, -0.1) is 44.3 Å². The van der Waals surface area contributed by atoms with Crippen LogP contribution in [0.2, 0.25) is 12.1 Å². The van der Waals surface area contributed by atoms with Crippen molar-refractivity contribution in [1.29, 1.82) is 0 Å². The zero-order valence-corrected chi connectivity index (χ0v) is 20.5. The molecule has 2 rings (SSSR count). The number of amides is 2. The van der Waals surface area contributed by atoms with E-state index in [-0.39, 0.29) is 6.03 Å². The molecule has 0 saturated heterocycles.